The molecule has 0 saturated carbocycles. The molecular weight excluding hydrogens is 382 g/mol. The normalized spacial score (nSPS) is 11.1. The Bertz CT molecular complexity index is 941. The zero-order chi connectivity index (χ0) is 21.6. The first kappa shape index (κ1) is 21.4. The van der Waals surface area contributed by atoms with Crippen molar-refractivity contribution in [3.05, 3.63) is 58.1 Å². The molecule has 0 saturated heterocycles. The number of ether oxygens (including phenoxy) is 2. The van der Waals surface area contributed by atoms with Crippen LogP contribution >= 0.6 is 0 Å². The zero-order valence-corrected chi connectivity index (χ0v) is 15.9. The molecule has 10 heteroatoms. The first-order valence-corrected chi connectivity index (χ1v) is 8.43. The Kier molecular flexibility index (Phi) is 6.85. The van der Waals surface area contributed by atoms with E-state index in [1.165, 1.54) is 57.4 Å². The van der Waals surface area contributed by atoms with Crippen molar-refractivity contribution in [2.45, 2.75) is 20.0 Å². The van der Waals surface area contributed by atoms with Gasteiger partial charge >= 0.3 is 5.97 Å². The second-order valence-electron chi connectivity index (χ2n) is 5.94. The highest BCUT2D eigenvalue weighted by molar-refractivity contribution is 5.98. The maximum absolute atomic E-state index is 12.3. The smallest absolute Gasteiger partial charge is 0.338 e. The zero-order valence-electron chi connectivity index (χ0n) is 15.9. The number of benzene rings is 2. The number of non-ortho nitro benzene ring substituents is 1. The molecule has 2 aromatic rings. The van der Waals surface area contributed by atoms with Gasteiger partial charge in [0.1, 0.15) is 5.75 Å². The Labute approximate surface area is 166 Å². The van der Waals surface area contributed by atoms with Crippen LogP contribution in [0.1, 0.15) is 24.2 Å². The van der Waals surface area contributed by atoms with Crippen LogP contribution in [0.15, 0.2) is 42.5 Å². The van der Waals surface area contributed by atoms with E-state index in [1.54, 1.807) is 0 Å². The largest absolute Gasteiger partial charge is 0.495 e. The van der Waals surface area contributed by atoms with E-state index in [-0.39, 0.29) is 28.6 Å². The fourth-order valence-corrected chi connectivity index (χ4v) is 2.32. The van der Waals surface area contributed by atoms with E-state index >= 15 is 0 Å². The molecular formula is C19H19N3O7. The van der Waals surface area contributed by atoms with E-state index < -0.39 is 22.9 Å². The molecule has 2 aromatic carbocycles. The monoisotopic (exact) mass is 401 g/mol. The number of hydrogen-bond acceptors (Lipinski definition) is 7. The maximum atomic E-state index is 12.3. The molecule has 0 aromatic heterocycles. The Morgan fingerprint density at radius 3 is 2.28 bits per heavy atom. The van der Waals surface area contributed by atoms with Crippen molar-refractivity contribution in [1.29, 1.82) is 0 Å². The summed E-state index contributed by atoms with van der Waals surface area (Å²) in [7, 11) is 1.35. The predicted octanol–water partition coefficient (Wildman–Crippen LogP) is 2.75. The molecule has 0 spiro atoms. The van der Waals surface area contributed by atoms with Crippen molar-refractivity contribution in [2.75, 3.05) is 17.7 Å². The number of hydrogen-bond donors (Lipinski definition) is 2. The summed E-state index contributed by atoms with van der Waals surface area (Å²) in [6.07, 6.45) is -1.18. The molecule has 2 N–H and O–H groups in total. The number of methoxy groups -OCH3 is 1. The molecule has 0 aliphatic rings. The molecule has 10 nitrogen and oxygen atoms in total. The van der Waals surface area contributed by atoms with Crippen molar-refractivity contribution < 1.29 is 28.8 Å². The van der Waals surface area contributed by atoms with Crippen LogP contribution in [0, 0.1) is 10.1 Å². The molecule has 0 fully saturated rings. The van der Waals surface area contributed by atoms with Crippen molar-refractivity contribution in [3.8, 4) is 5.75 Å². The van der Waals surface area contributed by atoms with Gasteiger partial charge in [0.05, 0.1) is 23.3 Å². The third-order valence-electron chi connectivity index (χ3n) is 3.75. The van der Waals surface area contributed by atoms with Gasteiger partial charge in [-0.25, -0.2) is 4.79 Å². The molecule has 0 radical (unpaired) electrons. The average Bonchev–Trinajstić information content (AvgIpc) is 2.67. The number of esters is 1. The lowest BCUT2D eigenvalue weighted by Gasteiger charge is -2.15. The number of nitrogens with zero attached hydrogens (tertiary/aromatic N) is 1. The number of anilines is 2. The van der Waals surface area contributed by atoms with Gasteiger partial charge in [-0.3, -0.25) is 19.7 Å². The van der Waals surface area contributed by atoms with Crippen LogP contribution in [0.4, 0.5) is 17.1 Å². The quantitative estimate of drug-likeness (QED) is 0.413. The molecule has 1 atom stereocenters. The van der Waals surface area contributed by atoms with E-state index in [0.29, 0.717) is 5.69 Å². The van der Waals surface area contributed by atoms with Gasteiger partial charge in [0.2, 0.25) is 5.91 Å². The highest BCUT2D eigenvalue weighted by atomic mass is 16.6. The van der Waals surface area contributed by atoms with Crippen LogP contribution in [-0.4, -0.2) is 35.9 Å². The Hall–Kier alpha value is -3.95. The summed E-state index contributed by atoms with van der Waals surface area (Å²) < 4.78 is 10.2. The third kappa shape index (κ3) is 5.76. The standard InChI is InChI=1S/C19H19N3O7/c1-11(29-19(25)13-4-6-14(7-5-13)20-12(2)23)18(24)21-16-10-15(22(26)27)8-9-17(16)28-3/h4-11H,1-3H3,(H,20,23)(H,21,24)/t11-/m1/s1. The minimum atomic E-state index is -1.18. The summed E-state index contributed by atoms with van der Waals surface area (Å²) in [5, 5.41) is 15.9. The Morgan fingerprint density at radius 2 is 1.72 bits per heavy atom. The highest BCUT2D eigenvalue weighted by Gasteiger charge is 2.21. The molecule has 0 bridgehead atoms. The summed E-state index contributed by atoms with van der Waals surface area (Å²) in [6.45, 7) is 2.72. The second-order valence-corrected chi connectivity index (χ2v) is 5.94. The van der Waals surface area contributed by atoms with Crippen molar-refractivity contribution in [2.24, 2.45) is 0 Å². The van der Waals surface area contributed by atoms with Gasteiger partial charge in [-0.1, -0.05) is 0 Å². The topological polar surface area (TPSA) is 137 Å². The summed E-state index contributed by atoms with van der Waals surface area (Å²) in [5.74, 6) is -1.46. The number of carbonyl (C=O) groups is 3. The summed E-state index contributed by atoms with van der Waals surface area (Å²) in [5.41, 5.74) is 0.545. The first-order valence-electron chi connectivity index (χ1n) is 8.43. The minimum absolute atomic E-state index is 0.0780. The lowest BCUT2D eigenvalue weighted by molar-refractivity contribution is -0.384. The van der Waals surface area contributed by atoms with E-state index in [2.05, 4.69) is 10.6 Å². The summed E-state index contributed by atoms with van der Waals surface area (Å²) in [6, 6.07) is 9.67. The van der Waals surface area contributed by atoms with Crippen LogP contribution in [0.5, 0.6) is 5.75 Å². The van der Waals surface area contributed by atoms with E-state index in [1.807, 2.05) is 0 Å². The number of nitro benzene ring substituents is 1. The number of rotatable bonds is 7. The average molecular weight is 401 g/mol. The Morgan fingerprint density at radius 1 is 1.07 bits per heavy atom. The molecule has 29 heavy (non-hydrogen) atoms. The molecule has 0 unspecified atom stereocenters. The molecule has 0 aliphatic heterocycles. The SMILES string of the molecule is COc1ccc([N+](=O)[O-])cc1NC(=O)[C@@H](C)OC(=O)c1ccc(NC(C)=O)cc1. The fraction of sp³-hybridized carbons (Fsp3) is 0.211. The molecule has 0 heterocycles. The maximum Gasteiger partial charge on any atom is 0.338 e. The molecule has 152 valence electrons. The number of amides is 2. The predicted molar refractivity (Wildman–Crippen MR) is 104 cm³/mol. The molecule has 2 amide bonds. The van der Waals surface area contributed by atoms with Crippen LogP contribution < -0.4 is 15.4 Å². The number of nitro groups is 1. The molecule has 0 aliphatic carbocycles. The van der Waals surface area contributed by atoms with Gasteiger partial charge in [-0.15, -0.1) is 0 Å². The van der Waals surface area contributed by atoms with E-state index in [0.717, 1.165) is 6.07 Å². The van der Waals surface area contributed by atoms with Gasteiger partial charge in [0.25, 0.3) is 11.6 Å². The van der Waals surface area contributed by atoms with Crippen LogP contribution in [-0.2, 0) is 14.3 Å². The van der Waals surface area contributed by atoms with Gasteiger partial charge in [-0.05, 0) is 37.3 Å². The van der Waals surface area contributed by atoms with Gasteiger partial charge < -0.3 is 20.1 Å². The summed E-state index contributed by atoms with van der Waals surface area (Å²) in [4.78, 5) is 45.9. The highest BCUT2D eigenvalue weighted by Crippen LogP contribution is 2.29. The number of nitrogens with one attached hydrogen (secondary N) is 2. The van der Waals surface area contributed by atoms with E-state index in [4.69, 9.17) is 9.47 Å². The molecule has 2 rings (SSSR count). The van der Waals surface area contributed by atoms with Gasteiger partial charge in [0, 0.05) is 24.7 Å². The minimum Gasteiger partial charge on any atom is -0.495 e. The third-order valence-corrected chi connectivity index (χ3v) is 3.75. The fourth-order valence-electron chi connectivity index (χ4n) is 2.32. The van der Waals surface area contributed by atoms with Gasteiger partial charge in [0.15, 0.2) is 6.10 Å². The van der Waals surface area contributed by atoms with Crippen molar-refractivity contribution >= 4 is 34.8 Å². The number of carbonyl (C=O) groups excluding carboxylic acids is 3. The van der Waals surface area contributed by atoms with Gasteiger partial charge in [-0.2, -0.15) is 0 Å². The first-order chi connectivity index (χ1) is 13.7. The lowest BCUT2D eigenvalue weighted by atomic mass is 10.2. The van der Waals surface area contributed by atoms with Crippen molar-refractivity contribution in [1.82, 2.24) is 0 Å². The van der Waals surface area contributed by atoms with Crippen LogP contribution in [0.25, 0.3) is 0 Å². The van der Waals surface area contributed by atoms with Crippen LogP contribution in [0.2, 0.25) is 0 Å². The van der Waals surface area contributed by atoms with Crippen molar-refractivity contribution in [3.63, 3.8) is 0 Å². The lowest BCUT2D eigenvalue weighted by Crippen LogP contribution is -2.30. The Balaban J connectivity index is 2.05. The van der Waals surface area contributed by atoms with Crippen LogP contribution in [0.3, 0.4) is 0 Å². The second kappa shape index (κ2) is 9.31. The van der Waals surface area contributed by atoms with E-state index in [9.17, 15) is 24.5 Å². The summed E-state index contributed by atoms with van der Waals surface area (Å²) >= 11 is 0.